The zero-order valence-corrected chi connectivity index (χ0v) is 28.9. The van der Waals surface area contributed by atoms with E-state index in [1.807, 2.05) is 48.5 Å². The Bertz CT molecular complexity index is 1890. The monoisotopic (exact) mass is 723 g/mol. The third kappa shape index (κ3) is 6.90. The predicted octanol–water partition coefficient (Wildman–Crippen LogP) is 5.97. The van der Waals surface area contributed by atoms with Gasteiger partial charge in [-0.3, -0.25) is 14.4 Å². The highest BCUT2D eigenvalue weighted by molar-refractivity contribution is 9.10. The van der Waals surface area contributed by atoms with Crippen LogP contribution >= 0.6 is 15.9 Å². The van der Waals surface area contributed by atoms with Gasteiger partial charge in [0, 0.05) is 40.2 Å². The zero-order valence-electron chi connectivity index (χ0n) is 27.3. The molecule has 252 valence electrons. The summed E-state index contributed by atoms with van der Waals surface area (Å²) in [5.74, 6) is -0.843. The van der Waals surface area contributed by atoms with Crippen LogP contribution in [0.15, 0.2) is 108 Å². The molecule has 0 fully saturated rings. The lowest BCUT2D eigenvalue weighted by molar-refractivity contribution is -0.139. The summed E-state index contributed by atoms with van der Waals surface area (Å²) in [6.07, 6.45) is 4.08. The van der Waals surface area contributed by atoms with E-state index in [9.17, 15) is 24.6 Å². The van der Waals surface area contributed by atoms with E-state index < -0.39 is 17.4 Å². The van der Waals surface area contributed by atoms with Gasteiger partial charge in [-0.15, -0.1) is 0 Å². The van der Waals surface area contributed by atoms with Crippen molar-refractivity contribution in [3.63, 3.8) is 0 Å². The third-order valence-electron chi connectivity index (χ3n) is 9.40. The molecule has 3 amide bonds. The molecule has 3 N–H and O–H groups in total. The molecule has 0 spiro atoms. The van der Waals surface area contributed by atoms with Crippen LogP contribution in [0, 0.1) is 5.92 Å². The molecule has 2 heterocycles. The molecule has 0 saturated heterocycles. The average Bonchev–Trinajstić information content (AvgIpc) is 3.33. The molecule has 2 aliphatic heterocycles. The number of aliphatic hydroxyl groups is 2. The minimum atomic E-state index is -1.86. The number of anilines is 2. The summed E-state index contributed by atoms with van der Waals surface area (Å²) in [6.45, 7) is 2.27. The third-order valence-corrected chi connectivity index (χ3v) is 9.89. The van der Waals surface area contributed by atoms with E-state index in [1.54, 1.807) is 78.4 Å². The van der Waals surface area contributed by atoms with E-state index in [0.29, 0.717) is 41.2 Å². The van der Waals surface area contributed by atoms with Crippen LogP contribution in [0.3, 0.4) is 0 Å². The molecule has 0 radical (unpaired) electrons. The molecule has 0 unspecified atom stereocenters. The van der Waals surface area contributed by atoms with Crippen molar-refractivity contribution in [3.05, 3.63) is 135 Å². The number of benzene rings is 4. The van der Waals surface area contributed by atoms with Crippen molar-refractivity contribution in [2.45, 2.75) is 44.5 Å². The van der Waals surface area contributed by atoms with E-state index in [0.717, 1.165) is 21.2 Å². The van der Waals surface area contributed by atoms with Crippen LogP contribution in [-0.4, -0.2) is 52.6 Å². The molecule has 4 aromatic rings. The topological polar surface area (TPSA) is 119 Å². The molecule has 0 aromatic heterocycles. The first-order valence-corrected chi connectivity index (χ1v) is 16.9. The average molecular weight is 725 g/mol. The number of hydrogen-bond donors (Lipinski definition) is 3. The number of carbonyl (C=O) groups is 3. The minimum Gasteiger partial charge on any atom is -0.497 e. The van der Waals surface area contributed by atoms with Crippen LogP contribution in [0.25, 0.3) is 0 Å². The SMILES string of the molecule is COc1ccc(C(=O)Nc2ccc(CN3C(=O)[C@@](O)([C@@H](C)/C=C/CC(=O)N4Cc5ccccc5C[C@H]4CO)c4cc(Br)ccc43)cc2)cc1. The number of nitrogens with zero attached hydrogens (tertiary/aromatic N) is 2. The molecule has 6 rings (SSSR count). The number of rotatable bonds is 10. The Morgan fingerprint density at radius 1 is 1.04 bits per heavy atom. The number of halogens is 1. The second kappa shape index (κ2) is 14.4. The molecule has 49 heavy (non-hydrogen) atoms. The molecule has 0 saturated carbocycles. The second-order valence-corrected chi connectivity index (χ2v) is 13.4. The fourth-order valence-electron chi connectivity index (χ4n) is 6.57. The number of carbonyl (C=O) groups excluding carboxylic acids is 3. The molecule has 2 aliphatic rings. The largest absolute Gasteiger partial charge is 0.497 e. The fraction of sp³-hybridized carbons (Fsp3) is 0.256. The highest BCUT2D eigenvalue weighted by atomic mass is 79.9. The van der Waals surface area contributed by atoms with Crippen molar-refractivity contribution in [2.75, 3.05) is 23.9 Å². The Hall–Kier alpha value is -4.77. The summed E-state index contributed by atoms with van der Waals surface area (Å²) >= 11 is 3.49. The van der Waals surface area contributed by atoms with Gasteiger partial charge in [0.15, 0.2) is 5.60 Å². The lowest BCUT2D eigenvalue weighted by Crippen LogP contribution is -2.46. The summed E-state index contributed by atoms with van der Waals surface area (Å²) in [5.41, 5.74) is 3.33. The van der Waals surface area contributed by atoms with Gasteiger partial charge in [-0.1, -0.05) is 71.4 Å². The van der Waals surface area contributed by atoms with Gasteiger partial charge in [-0.05, 0) is 77.7 Å². The predicted molar refractivity (Wildman–Crippen MR) is 191 cm³/mol. The van der Waals surface area contributed by atoms with E-state index in [1.165, 1.54) is 0 Å². The van der Waals surface area contributed by atoms with E-state index in [4.69, 9.17) is 4.74 Å². The van der Waals surface area contributed by atoms with E-state index in [-0.39, 0.29) is 37.4 Å². The number of hydrogen-bond acceptors (Lipinski definition) is 6. The Morgan fingerprint density at radius 2 is 1.76 bits per heavy atom. The summed E-state index contributed by atoms with van der Waals surface area (Å²) in [6, 6.07) is 27.1. The van der Waals surface area contributed by atoms with Crippen molar-refractivity contribution in [1.82, 2.24) is 4.90 Å². The van der Waals surface area contributed by atoms with Gasteiger partial charge in [-0.25, -0.2) is 0 Å². The first kappa shape index (κ1) is 34.1. The van der Waals surface area contributed by atoms with Gasteiger partial charge >= 0.3 is 0 Å². The standard InChI is InChI=1S/C39H38BrN3O6/c1-25(6-5-9-36(45)42-23-29-8-4-3-7-28(29)20-32(42)24-44)39(48)34-21-30(40)14-19-35(34)43(38(39)47)22-26-10-15-31(16-11-26)41-37(46)27-12-17-33(49-2)18-13-27/h3-8,10-19,21,25,32,44,48H,9,20,22-24H2,1-2H3,(H,41,46)/b6-5+/t25-,32-,39+/m0/s1. The van der Waals surface area contributed by atoms with Gasteiger partial charge in [0.2, 0.25) is 5.91 Å². The van der Waals surface area contributed by atoms with Crippen molar-refractivity contribution >= 4 is 45.0 Å². The number of ether oxygens (including phenoxy) is 1. The van der Waals surface area contributed by atoms with Crippen molar-refractivity contribution < 1.29 is 29.3 Å². The van der Waals surface area contributed by atoms with E-state index in [2.05, 4.69) is 21.2 Å². The van der Waals surface area contributed by atoms with Crippen LogP contribution in [0.4, 0.5) is 11.4 Å². The quantitative estimate of drug-likeness (QED) is 0.174. The van der Waals surface area contributed by atoms with Crippen molar-refractivity contribution in [1.29, 1.82) is 0 Å². The lowest BCUT2D eigenvalue weighted by Gasteiger charge is -2.36. The van der Waals surface area contributed by atoms with Gasteiger partial charge in [-0.2, -0.15) is 0 Å². The number of methoxy groups -OCH3 is 1. The molecule has 3 atom stereocenters. The molecule has 10 heteroatoms. The normalized spacial score (nSPS) is 19.0. The molecule has 0 aliphatic carbocycles. The Balaban J connectivity index is 1.14. The smallest absolute Gasteiger partial charge is 0.264 e. The highest BCUT2D eigenvalue weighted by Gasteiger charge is 2.52. The van der Waals surface area contributed by atoms with Crippen LogP contribution < -0.4 is 15.0 Å². The fourth-order valence-corrected chi connectivity index (χ4v) is 6.93. The summed E-state index contributed by atoms with van der Waals surface area (Å²) < 4.78 is 5.88. The van der Waals surface area contributed by atoms with Crippen LogP contribution in [-0.2, 0) is 34.7 Å². The van der Waals surface area contributed by atoms with Crippen LogP contribution in [0.5, 0.6) is 5.75 Å². The number of aliphatic hydroxyl groups excluding tert-OH is 1. The minimum absolute atomic E-state index is 0.0731. The molecule has 9 nitrogen and oxygen atoms in total. The number of amides is 3. The second-order valence-electron chi connectivity index (χ2n) is 12.5. The molecular formula is C39H38BrN3O6. The van der Waals surface area contributed by atoms with Crippen molar-refractivity contribution in [3.8, 4) is 5.75 Å². The first-order chi connectivity index (χ1) is 23.6. The van der Waals surface area contributed by atoms with Gasteiger partial charge in [0.05, 0.1) is 32.0 Å². The molecule has 0 bridgehead atoms. The zero-order chi connectivity index (χ0) is 34.7. The maximum atomic E-state index is 14.1. The Labute approximate surface area is 293 Å². The Morgan fingerprint density at radius 3 is 2.45 bits per heavy atom. The maximum Gasteiger partial charge on any atom is 0.264 e. The van der Waals surface area contributed by atoms with Gasteiger partial charge in [0.25, 0.3) is 11.8 Å². The van der Waals surface area contributed by atoms with E-state index >= 15 is 0 Å². The van der Waals surface area contributed by atoms with Gasteiger partial charge < -0.3 is 30.1 Å². The number of fused-ring (bicyclic) bond motifs is 2. The molecule has 4 aromatic carbocycles. The summed E-state index contributed by atoms with van der Waals surface area (Å²) in [4.78, 5) is 43.3. The van der Waals surface area contributed by atoms with Gasteiger partial charge in [0.1, 0.15) is 5.75 Å². The summed E-state index contributed by atoms with van der Waals surface area (Å²) in [5, 5.41) is 25.0. The van der Waals surface area contributed by atoms with Crippen molar-refractivity contribution in [2.24, 2.45) is 5.92 Å². The number of nitrogens with one attached hydrogen (secondary N) is 1. The summed E-state index contributed by atoms with van der Waals surface area (Å²) in [7, 11) is 1.57. The lowest BCUT2D eigenvalue weighted by atomic mass is 9.83. The first-order valence-electron chi connectivity index (χ1n) is 16.1. The van der Waals surface area contributed by atoms with Crippen LogP contribution in [0.1, 0.15) is 46.0 Å². The highest BCUT2D eigenvalue weighted by Crippen LogP contribution is 2.46. The van der Waals surface area contributed by atoms with Crippen LogP contribution in [0.2, 0.25) is 0 Å². The maximum absolute atomic E-state index is 14.1. The Kier molecular flexibility index (Phi) is 10.0. The molecular weight excluding hydrogens is 686 g/mol.